The Balaban J connectivity index is 2.23. The summed E-state index contributed by atoms with van der Waals surface area (Å²) in [6.07, 6.45) is 0.514. The van der Waals surface area contributed by atoms with Crippen LogP contribution in [-0.4, -0.2) is 16.3 Å². The zero-order valence-corrected chi connectivity index (χ0v) is 14.5. The fraction of sp³-hybridized carbons (Fsp3) is 0.278. The molecule has 1 N–H and O–H groups in total. The van der Waals surface area contributed by atoms with Gasteiger partial charge >= 0.3 is 5.97 Å². The Morgan fingerprint density at radius 2 is 1.68 bits per heavy atom. The Morgan fingerprint density at radius 1 is 1.14 bits per heavy atom. The molecule has 0 radical (unpaired) electrons. The van der Waals surface area contributed by atoms with Gasteiger partial charge < -0.3 is 5.11 Å². The molecule has 2 nitrogen and oxygen atoms in total. The molecule has 0 bridgehead atoms. The molecule has 2 aromatic rings. The third kappa shape index (κ3) is 4.28. The summed E-state index contributed by atoms with van der Waals surface area (Å²) in [5.41, 5.74) is 4.64. The van der Waals surface area contributed by atoms with Gasteiger partial charge in [-0.3, -0.25) is 4.79 Å². The number of carboxylic acid groups (broad SMARTS) is 1. The average Bonchev–Trinajstić information content (AvgIpc) is 2.43. The molecule has 0 saturated carbocycles. The van der Waals surface area contributed by atoms with E-state index in [4.69, 9.17) is 11.6 Å². The second kappa shape index (κ2) is 7.21. The normalized spacial score (nSPS) is 12.2. The fourth-order valence-electron chi connectivity index (χ4n) is 2.57. The number of hydrogen-bond donors (Lipinski definition) is 1. The molecule has 0 amide bonds. The van der Waals surface area contributed by atoms with Crippen molar-refractivity contribution in [2.75, 3.05) is 0 Å². The molecule has 0 aliphatic heterocycles. The maximum atomic E-state index is 11.6. The van der Waals surface area contributed by atoms with E-state index in [1.54, 1.807) is 12.1 Å². The van der Waals surface area contributed by atoms with Crippen molar-refractivity contribution in [1.29, 1.82) is 0 Å². The summed E-state index contributed by atoms with van der Waals surface area (Å²) in [6, 6.07) is 11.5. The van der Waals surface area contributed by atoms with Gasteiger partial charge in [0.1, 0.15) is 5.25 Å². The van der Waals surface area contributed by atoms with Crippen molar-refractivity contribution in [2.45, 2.75) is 37.3 Å². The Bertz CT molecular complexity index is 657. The molecule has 2 rings (SSSR count). The van der Waals surface area contributed by atoms with E-state index in [9.17, 15) is 9.90 Å². The molecular formula is C18H19ClO2S. The zero-order valence-electron chi connectivity index (χ0n) is 12.9. The summed E-state index contributed by atoms with van der Waals surface area (Å²) < 4.78 is 0. The number of thioether (sulfide) groups is 1. The molecule has 2 aromatic carbocycles. The van der Waals surface area contributed by atoms with Crippen molar-refractivity contribution < 1.29 is 9.90 Å². The summed E-state index contributed by atoms with van der Waals surface area (Å²) in [7, 11) is 0. The highest BCUT2D eigenvalue weighted by Crippen LogP contribution is 2.29. The van der Waals surface area contributed by atoms with Crippen LogP contribution in [0.5, 0.6) is 0 Å². The van der Waals surface area contributed by atoms with E-state index in [0.717, 1.165) is 21.6 Å². The maximum absolute atomic E-state index is 11.6. The van der Waals surface area contributed by atoms with Crippen LogP contribution in [0.15, 0.2) is 41.3 Å². The summed E-state index contributed by atoms with van der Waals surface area (Å²) in [6.45, 7) is 6.14. The summed E-state index contributed by atoms with van der Waals surface area (Å²) in [5.74, 6) is -0.792. The second-order valence-corrected chi connectivity index (χ2v) is 7.19. The monoisotopic (exact) mass is 334 g/mol. The lowest BCUT2D eigenvalue weighted by molar-refractivity contribution is -0.136. The van der Waals surface area contributed by atoms with E-state index in [2.05, 4.69) is 19.1 Å². The Labute approximate surface area is 140 Å². The van der Waals surface area contributed by atoms with Gasteiger partial charge in [-0.05, 0) is 68.1 Å². The zero-order chi connectivity index (χ0) is 16.3. The molecule has 0 fully saturated rings. The Kier molecular flexibility index (Phi) is 5.54. The summed E-state index contributed by atoms with van der Waals surface area (Å²) >= 11 is 7.24. The molecule has 4 heteroatoms. The molecular weight excluding hydrogens is 316 g/mol. The van der Waals surface area contributed by atoms with E-state index in [1.807, 2.05) is 26.0 Å². The second-order valence-electron chi connectivity index (χ2n) is 5.48. The van der Waals surface area contributed by atoms with Gasteiger partial charge in [0.15, 0.2) is 0 Å². The average molecular weight is 335 g/mol. The van der Waals surface area contributed by atoms with Gasteiger partial charge in [-0.1, -0.05) is 29.3 Å². The van der Waals surface area contributed by atoms with Gasteiger partial charge in [0, 0.05) is 9.92 Å². The van der Waals surface area contributed by atoms with Crippen molar-refractivity contribution in [3.63, 3.8) is 0 Å². The molecule has 1 unspecified atom stereocenters. The quantitative estimate of drug-likeness (QED) is 0.777. The van der Waals surface area contributed by atoms with E-state index in [-0.39, 0.29) is 0 Å². The molecule has 0 heterocycles. The number of aryl methyl sites for hydroxylation is 3. The first-order valence-corrected chi connectivity index (χ1v) is 8.34. The summed E-state index contributed by atoms with van der Waals surface area (Å²) in [4.78, 5) is 12.5. The number of hydrogen-bond acceptors (Lipinski definition) is 2. The van der Waals surface area contributed by atoms with Crippen LogP contribution >= 0.6 is 23.4 Å². The van der Waals surface area contributed by atoms with E-state index >= 15 is 0 Å². The topological polar surface area (TPSA) is 37.3 Å². The molecule has 0 aliphatic carbocycles. The molecule has 0 saturated heterocycles. The predicted molar refractivity (Wildman–Crippen MR) is 93.1 cm³/mol. The van der Waals surface area contributed by atoms with Crippen LogP contribution in [0, 0.1) is 20.8 Å². The number of carbonyl (C=O) groups is 1. The largest absolute Gasteiger partial charge is 0.480 e. The van der Waals surface area contributed by atoms with Crippen LogP contribution in [-0.2, 0) is 11.2 Å². The minimum atomic E-state index is -0.792. The molecule has 0 spiro atoms. The van der Waals surface area contributed by atoms with E-state index < -0.39 is 11.2 Å². The molecule has 116 valence electrons. The first-order chi connectivity index (χ1) is 10.4. The van der Waals surface area contributed by atoms with Crippen LogP contribution in [0.4, 0.5) is 0 Å². The first kappa shape index (κ1) is 16.9. The minimum Gasteiger partial charge on any atom is -0.480 e. The lowest BCUT2D eigenvalue weighted by Crippen LogP contribution is -2.20. The SMILES string of the molecule is Cc1cc(C)c(CC(Sc2ccc(Cl)cc2)C(=O)O)c(C)c1. The van der Waals surface area contributed by atoms with Gasteiger partial charge in [-0.2, -0.15) is 0 Å². The standard InChI is InChI=1S/C18H19ClO2S/c1-11-8-12(2)16(13(3)9-11)10-17(18(20)21)22-15-6-4-14(19)5-7-15/h4-9,17H,10H2,1-3H3,(H,20,21). The highest BCUT2D eigenvalue weighted by molar-refractivity contribution is 8.00. The first-order valence-electron chi connectivity index (χ1n) is 7.08. The number of benzene rings is 2. The van der Waals surface area contributed by atoms with E-state index in [0.29, 0.717) is 11.4 Å². The highest BCUT2D eigenvalue weighted by Gasteiger charge is 2.21. The molecule has 0 aromatic heterocycles. The summed E-state index contributed by atoms with van der Waals surface area (Å²) in [5, 5.41) is 9.68. The van der Waals surface area contributed by atoms with Gasteiger partial charge in [0.2, 0.25) is 0 Å². The number of carboxylic acids is 1. The van der Waals surface area contributed by atoms with Gasteiger partial charge in [0.05, 0.1) is 0 Å². The van der Waals surface area contributed by atoms with Crippen molar-refractivity contribution >= 4 is 29.3 Å². The highest BCUT2D eigenvalue weighted by atomic mass is 35.5. The fourth-order valence-corrected chi connectivity index (χ4v) is 3.67. The third-order valence-electron chi connectivity index (χ3n) is 3.60. The van der Waals surface area contributed by atoms with Crippen molar-refractivity contribution in [3.05, 3.63) is 63.7 Å². The van der Waals surface area contributed by atoms with Crippen LogP contribution in [0.25, 0.3) is 0 Å². The number of halogens is 1. The van der Waals surface area contributed by atoms with Gasteiger partial charge in [-0.25, -0.2) is 0 Å². The third-order valence-corrected chi connectivity index (χ3v) is 5.05. The van der Waals surface area contributed by atoms with Crippen molar-refractivity contribution in [2.24, 2.45) is 0 Å². The van der Waals surface area contributed by atoms with Gasteiger partial charge in [-0.15, -0.1) is 11.8 Å². The van der Waals surface area contributed by atoms with Crippen molar-refractivity contribution in [3.8, 4) is 0 Å². The smallest absolute Gasteiger partial charge is 0.317 e. The lowest BCUT2D eigenvalue weighted by Gasteiger charge is -2.16. The Hall–Kier alpha value is -1.45. The van der Waals surface area contributed by atoms with E-state index in [1.165, 1.54) is 17.3 Å². The number of aliphatic carboxylic acids is 1. The predicted octanol–water partition coefficient (Wildman–Crippen LogP) is 5.05. The molecule has 22 heavy (non-hydrogen) atoms. The maximum Gasteiger partial charge on any atom is 0.317 e. The van der Waals surface area contributed by atoms with Crippen LogP contribution in [0.3, 0.4) is 0 Å². The van der Waals surface area contributed by atoms with Crippen LogP contribution < -0.4 is 0 Å². The number of rotatable bonds is 5. The van der Waals surface area contributed by atoms with Crippen LogP contribution in [0.2, 0.25) is 5.02 Å². The minimum absolute atomic E-state index is 0.513. The molecule has 1 atom stereocenters. The molecule has 0 aliphatic rings. The Morgan fingerprint density at radius 3 is 2.18 bits per heavy atom. The van der Waals surface area contributed by atoms with Crippen molar-refractivity contribution in [1.82, 2.24) is 0 Å². The van der Waals surface area contributed by atoms with Crippen LogP contribution in [0.1, 0.15) is 22.3 Å². The van der Waals surface area contributed by atoms with Gasteiger partial charge in [0.25, 0.3) is 0 Å². The lowest BCUT2D eigenvalue weighted by atomic mass is 9.96.